The molecule has 29 heavy (non-hydrogen) atoms. The first kappa shape index (κ1) is 20.5. The van der Waals surface area contributed by atoms with E-state index in [1.54, 1.807) is 55.6 Å². The van der Waals surface area contributed by atoms with Crippen LogP contribution in [0.1, 0.15) is 19.4 Å². The molecule has 0 saturated heterocycles. The average molecular weight is 428 g/mol. The number of nitrogens with zero attached hydrogens (tertiary/aromatic N) is 2. The van der Waals surface area contributed by atoms with Crippen LogP contribution in [0.15, 0.2) is 53.9 Å². The van der Waals surface area contributed by atoms with Gasteiger partial charge in [0.1, 0.15) is 0 Å². The molecule has 0 saturated carbocycles. The number of benzene rings is 2. The maximum absolute atomic E-state index is 12.2. The van der Waals surface area contributed by atoms with Gasteiger partial charge in [0, 0.05) is 12.1 Å². The number of hydrogen-bond acceptors (Lipinski definition) is 6. The summed E-state index contributed by atoms with van der Waals surface area (Å²) in [4.78, 5) is 11.2. The number of nitrogens with one attached hydrogen (secondary N) is 1. The van der Waals surface area contributed by atoms with Gasteiger partial charge in [0.15, 0.2) is 0 Å². The zero-order valence-corrected chi connectivity index (χ0v) is 17.3. The molecule has 0 unspecified atom stereocenters. The van der Waals surface area contributed by atoms with Gasteiger partial charge in [-0.05, 0) is 48.1 Å². The molecule has 1 aromatic heterocycles. The van der Waals surface area contributed by atoms with Gasteiger partial charge in [0.2, 0.25) is 10.0 Å². The van der Waals surface area contributed by atoms with E-state index in [4.69, 9.17) is 0 Å². The molecule has 3 rings (SSSR count). The Balaban J connectivity index is 2.04. The molecule has 9 heteroatoms. The average Bonchev–Trinajstić information content (AvgIpc) is 3.14. The lowest BCUT2D eigenvalue weighted by Crippen LogP contribution is -2.22. The standard InChI is InChI=1S/C20H17N3O4S2/c1-13(2)29(26,27)22-19-8-9-28-20(19)15-6-7-18(16(10-15)12-21)14-4-3-5-17(11-14)23(24)25/h3-11,13,22H,1-2H3. The zero-order valence-electron chi connectivity index (χ0n) is 15.6. The van der Waals surface area contributed by atoms with Gasteiger partial charge in [-0.2, -0.15) is 5.26 Å². The van der Waals surface area contributed by atoms with E-state index in [0.717, 1.165) is 0 Å². The molecule has 0 aliphatic carbocycles. The number of nitriles is 1. The van der Waals surface area contributed by atoms with Crippen LogP contribution in [-0.2, 0) is 10.0 Å². The maximum Gasteiger partial charge on any atom is 0.270 e. The van der Waals surface area contributed by atoms with Crippen molar-refractivity contribution >= 4 is 32.7 Å². The van der Waals surface area contributed by atoms with Crippen LogP contribution in [0.25, 0.3) is 21.6 Å². The topological polar surface area (TPSA) is 113 Å². The van der Waals surface area contributed by atoms with Crippen molar-refractivity contribution in [1.29, 1.82) is 5.26 Å². The molecule has 3 aromatic rings. The van der Waals surface area contributed by atoms with E-state index in [9.17, 15) is 23.8 Å². The summed E-state index contributed by atoms with van der Waals surface area (Å²) in [6.45, 7) is 3.19. The first-order valence-corrected chi connectivity index (χ1v) is 11.0. The van der Waals surface area contributed by atoms with E-state index in [1.165, 1.54) is 23.5 Å². The van der Waals surface area contributed by atoms with Crippen LogP contribution in [0.5, 0.6) is 0 Å². The second-order valence-corrected chi connectivity index (χ2v) is 9.69. The number of thiophene rings is 1. The minimum absolute atomic E-state index is 0.0564. The summed E-state index contributed by atoms with van der Waals surface area (Å²) in [5.41, 5.74) is 2.56. The molecule has 0 spiro atoms. The van der Waals surface area contributed by atoms with E-state index < -0.39 is 20.2 Å². The number of anilines is 1. The van der Waals surface area contributed by atoms with E-state index in [1.807, 2.05) is 0 Å². The molecular formula is C20H17N3O4S2. The highest BCUT2D eigenvalue weighted by Crippen LogP contribution is 2.37. The third-order valence-corrected chi connectivity index (χ3v) is 7.02. The van der Waals surface area contributed by atoms with E-state index >= 15 is 0 Å². The van der Waals surface area contributed by atoms with Crippen molar-refractivity contribution in [3.8, 4) is 27.6 Å². The smallest absolute Gasteiger partial charge is 0.270 e. The van der Waals surface area contributed by atoms with Gasteiger partial charge in [-0.15, -0.1) is 11.3 Å². The molecule has 0 bridgehead atoms. The van der Waals surface area contributed by atoms with Crippen LogP contribution in [0.2, 0.25) is 0 Å². The lowest BCUT2D eigenvalue weighted by molar-refractivity contribution is -0.384. The van der Waals surface area contributed by atoms with Crippen molar-refractivity contribution in [2.24, 2.45) is 0 Å². The van der Waals surface area contributed by atoms with Crippen LogP contribution in [-0.4, -0.2) is 18.6 Å². The Morgan fingerprint density at radius 3 is 2.55 bits per heavy atom. The SMILES string of the molecule is CC(C)S(=O)(=O)Nc1ccsc1-c1ccc(-c2cccc([N+](=O)[O-])c2)c(C#N)c1. The van der Waals surface area contributed by atoms with Gasteiger partial charge in [-0.1, -0.05) is 24.3 Å². The molecule has 0 fully saturated rings. The van der Waals surface area contributed by atoms with Crippen molar-refractivity contribution in [3.05, 3.63) is 69.6 Å². The predicted molar refractivity (Wildman–Crippen MR) is 114 cm³/mol. The van der Waals surface area contributed by atoms with Gasteiger partial charge in [0.25, 0.3) is 5.69 Å². The maximum atomic E-state index is 12.2. The van der Waals surface area contributed by atoms with Crippen molar-refractivity contribution in [3.63, 3.8) is 0 Å². The summed E-state index contributed by atoms with van der Waals surface area (Å²) in [5, 5.41) is 21.8. The van der Waals surface area contributed by atoms with Crippen molar-refractivity contribution < 1.29 is 13.3 Å². The zero-order chi connectivity index (χ0) is 21.2. The molecule has 2 aromatic carbocycles. The van der Waals surface area contributed by atoms with Gasteiger partial charge >= 0.3 is 0 Å². The molecule has 0 aliphatic rings. The lowest BCUT2D eigenvalue weighted by atomic mass is 9.97. The fraction of sp³-hybridized carbons (Fsp3) is 0.150. The second kappa shape index (κ2) is 8.03. The molecule has 0 radical (unpaired) electrons. The Morgan fingerprint density at radius 1 is 1.14 bits per heavy atom. The normalized spacial score (nSPS) is 11.2. The largest absolute Gasteiger partial charge is 0.282 e. The molecule has 148 valence electrons. The summed E-state index contributed by atoms with van der Waals surface area (Å²) in [6, 6.07) is 15.0. The van der Waals surface area contributed by atoms with Crippen LogP contribution >= 0.6 is 11.3 Å². The van der Waals surface area contributed by atoms with Crippen LogP contribution in [0, 0.1) is 21.4 Å². The fourth-order valence-corrected chi connectivity index (χ4v) is 4.33. The minimum Gasteiger partial charge on any atom is -0.282 e. The van der Waals surface area contributed by atoms with Gasteiger partial charge in [-0.3, -0.25) is 14.8 Å². The van der Waals surface area contributed by atoms with E-state index in [2.05, 4.69) is 10.8 Å². The third kappa shape index (κ3) is 4.29. The Hall–Kier alpha value is -3.22. The Kier molecular flexibility index (Phi) is 5.68. The van der Waals surface area contributed by atoms with Gasteiger partial charge in [0.05, 0.1) is 32.4 Å². The van der Waals surface area contributed by atoms with Crippen molar-refractivity contribution in [2.45, 2.75) is 19.1 Å². The molecule has 0 amide bonds. The number of sulfonamides is 1. The predicted octanol–water partition coefficient (Wildman–Crippen LogP) is 5.01. The fourth-order valence-electron chi connectivity index (χ4n) is 2.70. The number of nitro benzene ring substituents is 1. The number of non-ortho nitro benzene ring substituents is 1. The molecular weight excluding hydrogens is 410 g/mol. The monoisotopic (exact) mass is 427 g/mol. The Bertz CT molecular complexity index is 1220. The highest BCUT2D eigenvalue weighted by atomic mass is 32.2. The summed E-state index contributed by atoms with van der Waals surface area (Å²) >= 11 is 1.36. The van der Waals surface area contributed by atoms with E-state index in [0.29, 0.717) is 32.8 Å². The molecule has 1 heterocycles. The van der Waals surface area contributed by atoms with Crippen LogP contribution in [0.4, 0.5) is 11.4 Å². The lowest BCUT2D eigenvalue weighted by Gasteiger charge is -2.12. The van der Waals surface area contributed by atoms with Gasteiger partial charge < -0.3 is 0 Å². The quantitative estimate of drug-likeness (QED) is 0.439. The first-order chi connectivity index (χ1) is 13.7. The molecule has 0 atom stereocenters. The number of hydrogen-bond donors (Lipinski definition) is 1. The van der Waals surface area contributed by atoms with E-state index in [-0.39, 0.29) is 5.69 Å². The van der Waals surface area contributed by atoms with Crippen LogP contribution < -0.4 is 4.72 Å². The van der Waals surface area contributed by atoms with Crippen molar-refractivity contribution in [2.75, 3.05) is 4.72 Å². The van der Waals surface area contributed by atoms with Crippen molar-refractivity contribution in [1.82, 2.24) is 0 Å². The first-order valence-electron chi connectivity index (χ1n) is 8.61. The third-order valence-electron chi connectivity index (χ3n) is 4.31. The number of nitro groups is 1. The molecule has 0 aliphatic heterocycles. The second-order valence-electron chi connectivity index (χ2n) is 6.54. The molecule has 7 nitrogen and oxygen atoms in total. The minimum atomic E-state index is -3.50. The summed E-state index contributed by atoms with van der Waals surface area (Å²) in [7, 11) is -3.50. The Labute approximate surface area is 172 Å². The summed E-state index contributed by atoms with van der Waals surface area (Å²) < 4.78 is 27.0. The Morgan fingerprint density at radius 2 is 1.90 bits per heavy atom. The van der Waals surface area contributed by atoms with Crippen LogP contribution in [0.3, 0.4) is 0 Å². The summed E-state index contributed by atoms with van der Waals surface area (Å²) in [5.74, 6) is 0. The number of rotatable bonds is 6. The highest BCUT2D eigenvalue weighted by molar-refractivity contribution is 7.93. The highest BCUT2D eigenvalue weighted by Gasteiger charge is 2.19. The summed E-state index contributed by atoms with van der Waals surface area (Å²) in [6.07, 6.45) is 0. The van der Waals surface area contributed by atoms with Gasteiger partial charge in [-0.25, -0.2) is 8.42 Å². The molecule has 1 N–H and O–H groups in total.